The molecule has 0 saturated carbocycles. The first-order chi connectivity index (χ1) is 7.66. The predicted molar refractivity (Wildman–Crippen MR) is 60.6 cm³/mol. The van der Waals surface area contributed by atoms with Crippen molar-refractivity contribution in [1.82, 2.24) is 9.97 Å². The van der Waals surface area contributed by atoms with Crippen molar-refractivity contribution >= 4 is 28.4 Å². The van der Waals surface area contributed by atoms with E-state index in [0.29, 0.717) is 16.2 Å². The first-order valence-corrected chi connectivity index (χ1v) is 4.76. The summed E-state index contributed by atoms with van der Waals surface area (Å²) in [5.41, 5.74) is 6.25. The van der Waals surface area contributed by atoms with Gasteiger partial charge in [-0.25, -0.2) is 9.97 Å². The fourth-order valence-electron chi connectivity index (χ4n) is 1.24. The van der Waals surface area contributed by atoms with Crippen LogP contribution in [0.15, 0.2) is 24.5 Å². The van der Waals surface area contributed by atoms with Crippen LogP contribution in [0.3, 0.4) is 0 Å². The van der Waals surface area contributed by atoms with Gasteiger partial charge in [-0.3, -0.25) is 4.79 Å². The van der Waals surface area contributed by atoms with E-state index in [1.807, 2.05) is 0 Å². The first kappa shape index (κ1) is 10.4. The lowest BCUT2D eigenvalue weighted by atomic mass is 10.1. The molecule has 0 unspecified atom stereocenters. The third-order valence-electron chi connectivity index (χ3n) is 1.92. The van der Waals surface area contributed by atoms with Crippen LogP contribution in [0.4, 0.5) is 0 Å². The lowest BCUT2D eigenvalue weighted by molar-refractivity contribution is -0.112. The molecule has 4 nitrogen and oxygen atoms in total. The highest BCUT2D eigenvalue weighted by molar-refractivity contribution is 6.34. The third-order valence-corrected chi connectivity index (χ3v) is 2.22. The van der Waals surface area contributed by atoms with Gasteiger partial charge in [-0.15, -0.1) is 0 Å². The fraction of sp³-hybridized carbons (Fsp3) is 0. The molecule has 16 heavy (non-hydrogen) atoms. The van der Waals surface area contributed by atoms with Crippen LogP contribution in [-0.2, 0) is 4.79 Å². The van der Waals surface area contributed by atoms with Gasteiger partial charge < -0.3 is 5.73 Å². The van der Waals surface area contributed by atoms with Gasteiger partial charge in [-0.2, -0.15) is 0 Å². The average Bonchev–Trinajstić information content (AvgIpc) is 2.26. The number of amides is 1. The predicted octanol–water partition coefficient (Wildman–Crippen LogP) is 1.12. The monoisotopic (exact) mass is 231 g/mol. The van der Waals surface area contributed by atoms with E-state index >= 15 is 0 Å². The Bertz CT molecular complexity index is 628. The second-order valence-corrected chi connectivity index (χ2v) is 3.37. The van der Waals surface area contributed by atoms with E-state index in [9.17, 15) is 4.79 Å². The van der Waals surface area contributed by atoms with Crippen LogP contribution in [0.25, 0.3) is 10.9 Å². The highest BCUT2D eigenvalue weighted by Crippen LogP contribution is 2.19. The van der Waals surface area contributed by atoms with Gasteiger partial charge in [0.1, 0.15) is 11.5 Å². The maximum Gasteiger partial charge on any atom is 0.293 e. The molecule has 78 valence electrons. The van der Waals surface area contributed by atoms with Gasteiger partial charge in [0.15, 0.2) is 0 Å². The molecule has 0 radical (unpaired) electrons. The highest BCUT2D eigenvalue weighted by atomic mass is 35.5. The van der Waals surface area contributed by atoms with Gasteiger partial charge in [0.05, 0.1) is 5.52 Å². The Hall–Kier alpha value is -2.12. The maximum atomic E-state index is 10.5. The Balaban J connectivity index is 2.54. The van der Waals surface area contributed by atoms with Gasteiger partial charge in [0.25, 0.3) is 5.91 Å². The molecular weight excluding hydrogens is 226 g/mol. The van der Waals surface area contributed by atoms with Crippen molar-refractivity contribution in [2.45, 2.75) is 0 Å². The van der Waals surface area contributed by atoms with E-state index in [-0.39, 0.29) is 0 Å². The summed E-state index contributed by atoms with van der Waals surface area (Å²) < 4.78 is 0. The largest absolute Gasteiger partial charge is 0.359 e. The Morgan fingerprint density at radius 2 is 2.19 bits per heavy atom. The molecule has 1 amide bonds. The van der Waals surface area contributed by atoms with E-state index in [2.05, 4.69) is 21.8 Å². The highest BCUT2D eigenvalue weighted by Gasteiger charge is 2.00. The lowest BCUT2D eigenvalue weighted by Gasteiger charge is -1.98. The van der Waals surface area contributed by atoms with Gasteiger partial charge in [0, 0.05) is 10.9 Å². The quantitative estimate of drug-likeness (QED) is 0.546. The number of nitrogens with two attached hydrogens (primary N) is 1. The number of primary amides is 1. The first-order valence-electron chi connectivity index (χ1n) is 4.38. The van der Waals surface area contributed by atoms with Crippen molar-refractivity contribution in [3.05, 3.63) is 35.2 Å². The molecule has 1 heterocycles. The summed E-state index contributed by atoms with van der Waals surface area (Å²) in [6.07, 6.45) is 1.37. The normalized spacial score (nSPS) is 9.56. The van der Waals surface area contributed by atoms with Crippen LogP contribution >= 0.6 is 11.6 Å². The van der Waals surface area contributed by atoms with E-state index < -0.39 is 5.91 Å². The molecule has 0 bridgehead atoms. The van der Waals surface area contributed by atoms with E-state index in [0.717, 1.165) is 5.39 Å². The van der Waals surface area contributed by atoms with Crippen molar-refractivity contribution in [2.24, 2.45) is 5.73 Å². The molecule has 5 heteroatoms. The van der Waals surface area contributed by atoms with Crippen molar-refractivity contribution in [3.63, 3.8) is 0 Å². The van der Waals surface area contributed by atoms with E-state index in [1.165, 1.54) is 6.33 Å². The Kier molecular flexibility index (Phi) is 2.71. The number of rotatable bonds is 0. The molecule has 0 fully saturated rings. The number of hydrogen-bond donors (Lipinski definition) is 1. The molecular formula is C11H6ClN3O. The Morgan fingerprint density at radius 3 is 2.94 bits per heavy atom. The molecule has 0 saturated heterocycles. The second-order valence-electron chi connectivity index (χ2n) is 3.01. The minimum atomic E-state index is -0.666. The minimum Gasteiger partial charge on any atom is -0.359 e. The van der Waals surface area contributed by atoms with Gasteiger partial charge >= 0.3 is 0 Å². The van der Waals surface area contributed by atoms with Gasteiger partial charge in [-0.05, 0) is 24.1 Å². The average molecular weight is 232 g/mol. The molecule has 0 aliphatic rings. The van der Waals surface area contributed by atoms with Crippen molar-refractivity contribution in [3.8, 4) is 11.8 Å². The summed E-state index contributed by atoms with van der Waals surface area (Å²) in [6, 6.07) is 5.20. The number of aromatic nitrogens is 2. The molecule has 2 N–H and O–H groups in total. The number of carbonyl (C=O) groups excluding carboxylic acids is 1. The third kappa shape index (κ3) is 2.10. The molecule has 2 rings (SSSR count). The minimum absolute atomic E-state index is 0.388. The second kappa shape index (κ2) is 4.17. The molecule has 1 aromatic heterocycles. The zero-order chi connectivity index (χ0) is 11.5. The van der Waals surface area contributed by atoms with E-state index in [1.54, 1.807) is 18.2 Å². The van der Waals surface area contributed by atoms with Crippen molar-refractivity contribution in [1.29, 1.82) is 0 Å². The van der Waals surface area contributed by atoms with Crippen LogP contribution in [0.1, 0.15) is 5.56 Å². The van der Waals surface area contributed by atoms with Crippen LogP contribution in [0.5, 0.6) is 0 Å². The summed E-state index contributed by atoms with van der Waals surface area (Å²) in [7, 11) is 0. The molecule has 0 spiro atoms. The molecule has 0 atom stereocenters. The van der Waals surface area contributed by atoms with E-state index in [4.69, 9.17) is 17.3 Å². The number of carbonyl (C=O) groups is 1. The topological polar surface area (TPSA) is 68.9 Å². The Labute approximate surface area is 96.5 Å². The molecule has 1 aromatic carbocycles. The fourth-order valence-corrected chi connectivity index (χ4v) is 1.44. The van der Waals surface area contributed by atoms with Gasteiger partial charge in [-0.1, -0.05) is 17.5 Å². The molecule has 2 aromatic rings. The summed E-state index contributed by atoms with van der Waals surface area (Å²) in [6.45, 7) is 0. The van der Waals surface area contributed by atoms with Crippen LogP contribution in [-0.4, -0.2) is 15.9 Å². The zero-order valence-electron chi connectivity index (χ0n) is 8.07. The zero-order valence-corrected chi connectivity index (χ0v) is 8.82. The van der Waals surface area contributed by atoms with Crippen LogP contribution in [0.2, 0.25) is 5.15 Å². The summed E-state index contributed by atoms with van der Waals surface area (Å²) in [5.74, 6) is 4.22. The number of halogens is 1. The lowest BCUT2D eigenvalue weighted by Crippen LogP contribution is -2.06. The Morgan fingerprint density at radius 1 is 1.38 bits per heavy atom. The standard InChI is InChI=1S/C11H6ClN3O/c12-11-8-3-1-7(2-4-10(13)16)5-9(8)14-6-15-11/h1,3,5-6H,(H2,13,16). The smallest absolute Gasteiger partial charge is 0.293 e. The number of hydrogen-bond acceptors (Lipinski definition) is 3. The molecule has 0 aliphatic heterocycles. The summed E-state index contributed by atoms with van der Waals surface area (Å²) in [4.78, 5) is 18.4. The van der Waals surface area contributed by atoms with Crippen molar-refractivity contribution in [2.75, 3.05) is 0 Å². The summed E-state index contributed by atoms with van der Waals surface area (Å²) >= 11 is 5.88. The SMILES string of the molecule is NC(=O)C#Cc1ccc2c(Cl)ncnc2c1. The number of nitrogens with zero attached hydrogens (tertiary/aromatic N) is 2. The maximum absolute atomic E-state index is 10.5. The number of fused-ring (bicyclic) bond motifs is 1. The van der Waals surface area contributed by atoms with Crippen LogP contribution in [0, 0.1) is 11.8 Å². The van der Waals surface area contributed by atoms with Crippen molar-refractivity contribution < 1.29 is 4.79 Å². The molecule has 0 aliphatic carbocycles. The number of benzene rings is 1. The van der Waals surface area contributed by atoms with Crippen LogP contribution < -0.4 is 5.73 Å². The van der Waals surface area contributed by atoms with Gasteiger partial charge in [0.2, 0.25) is 0 Å². The summed E-state index contributed by atoms with van der Waals surface area (Å²) in [5, 5.41) is 1.13.